The topological polar surface area (TPSA) is 29.1 Å². The zero-order valence-electron chi connectivity index (χ0n) is 10.4. The molecule has 2 unspecified atom stereocenters. The maximum atomic E-state index is 12.9. The van der Waals surface area contributed by atoms with E-state index < -0.39 is 5.82 Å². The maximum Gasteiger partial charge on any atom is 0.165 e. The SMILES string of the molecule is CC1CCCC(CC(=O)c2ccc(F)cc2Cl)N1. The minimum Gasteiger partial charge on any atom is -0.311 e. The molecular weight excluding hydrogens is 253 g/mol. The van der Waals surface area contributed by atoms with Gasteiger partial charge in [0.05, 0.1) is 5.02 Å². The number of ketones is 1. The second-order valence-electron chi connectivity index (χ2n) is 4.95. The summed E-state index contributed by atoms with van der Waals surface area (Å²) in [4.78, 5) is 12.1. The smallest absolute Gasteiger partial charge is 0.165 e. The summed E-state index contributed by atoms with van der Waals surface area (Å²) in [5.41, 5.74) is 0.415. The van der Waals surface area contributed by atoms with Crippen LogP contribution in [0.3, 0.4) is 0 Å². The summed E-state index contributed by atoms with van der Waals surface area (Å²) >= 11 is 5.89. The molecule has 2 rings (SSSR count). The highest BCUT2D eigenvalue weighted by Gasteiger charge is 2.22. The summed E-state index contributed by atoms with van der Waals surface area (Å²) < 4.78 is 12.9. The minimum atomic E-state index is -0.416. The van der Waals surface area contributed by atoms with Crippen LogP contribution in [-0.4, -0.2) is 17.9 Å². The molecule has 4 heteroatoms. The number of Topliss-reactive ketones (excluding diaryl/α,β-unsaturated/α-hetero) is 1. The van der Waals surface area contributed by atoms with E-state index in [2.05, 4.69) is 12.2 Å². The molecule has 1 aromatic carbocycles. The molecule has 0 bridgehead atoms. The third-order valence-corrected chi connectivity index (χ3v) is 3.69. The first kappa shape index (κ1) is 13.5. The number of hydrogen-bond acceptors (Lipinski definition) is 2. The van der Waals surface area contributed by atoms with Crippen molar-refractivity contribution < 1.29 is 9.18 Å². The number of carbonyl (C=O) groups excluding carboxylic acids is 1. The van der Waals surface area contributed by atoms with Crippen LogP contribution in [0.4, 0.5) is 4.39 Å². The summed E-state index contributed by atoms with van der Waals surface area (Å²) in [6.45, 7) is 2.13. The van der Waals surface area contributed by atoms with Crippen LogP contribution in [0.1, 0.15) is 43.0 Å². The normalized spacial score (nSPS) is 23.9. The van der Waals surface area contributed by atoms with Crippen molar-refractivity contribution in [2.45, 2.75) is 44.7 Å². The fourth-order valence-electron chi connectivity index (χ4n) is 2.45. The van der Waals surface area contributed by atoms with Gasteiger partial charge < -0.3 is 5.32 Å². The molecule has 1 fully saturated rings. The van der Waals surface area contributed by atoms with Crippen LogP contribution in [0.5, 0.6) is 0 Å². The van der Waals surface area contributed by atoms with Crippen molar-refractivity contribution in [2.75, 3.05) is 0 Å². The summed E-state index contributed by atoms with van der Waals surface area (Å²) in [5.74, 6) is -0.437. The van der Waals surface area contributed by atoms with Gasteiger partial charge in [0.15, 0.2) is 5.78 Å². The average molecular weight is 270 g/mol. The van der Waals surface area contributed by atoms with Crippen molar-refractivity contribution in [3.8, 4) is 0 Å². The molecule has 0 saturated carbocycles. The van der Waals surface area contributed by atoms with Crippen molar-refractivity contribution in [3.63, 3.8) is 0 Å². The first-order valence-corrected chi connectivity index (χ1v) is 6.68. The van der Waals surface area contributed by atoms with Crippen molar-refractivity contribution in [1.29, 1.82) is 0 Å². The molecule has 0 aliphatic carbocycles. The standard InChI is InChI=1S/C14H17ClFNO/c1-9-3-2-4-11(17-9)8-14(18)12-6-5-10(16)7-13(12)15/h5-7,9,11,17H,2-4,8H2,1H3. The predicted molar refractivity (Wildman–Crippen MR) is 70.6 cm³/mol. The zero-order valence-corrected chi connectivity index (χ0v) is 11.1. The molecule has 2 atom stereocenters. The first-order valence-electron chi connectivity index (χ1n) is 6.30. The number of halogens is 2. The van der Waals surface area contributed by atoms with E-state index in [1.807, 2.05) is 0 Å². The molecular formula is C14H17ClFNO. The quantitative estimate of drug-likeness (QED) is 0.850. The Labute approximate surface area is 112 Å². The van der Waals surface area contributed by atoms with Gasteiger partial charge in [-0.15, -0.1) is 0 Å². The van der Waals surface area contributed by atoms with Crippen LogP contribution in [0.2, 0.25) is 5.02 Å². The van der Waals surface area contributed by atoms with Gasteiger partial charge in [-0.1, -0.05) is 18.0 Å². The van der Waals surface area contributed by atoms with Crippen LogP contribution in [0, 0.1) is 5.82 Å². The van der Waals surface area contributed by atoms with Gasteiger partial charge in [0.25, 0.3) is 0 Å². The Morgan fingerprint density at radius 2 is 2.28 bits per heavy atom. The number of hydrogen-bond donors (Lipinski definition) is 1. The highest BCUT2D eigenvalue weighted by atomic mass is 35.5. The lowest BCUT2D eigenvalue weighted by molar-refractivity contribution is 0.0960. The molecule has 2 nitrogen and oxygen atoms in total. The minimum absolute atomic E-state index is 0.0217. The molecule has 0 spiro atoms. The van der Waals surface area contributed by atoms with E-state index in [9.17, 15) is 9.18 Å². The van der Waals surface area contributed by atoms with Crippen molar-refractivity contribution >= 4 is 17.4 Å². The summed E-state index contributed by atoms with van der Waals surface area (Å²) in [6.07, 6.45) is 3.73. The third-order valence-electron chi connectivity index (χ3n) is 3.37. The average Bonchev–Trinajstić information content (AvgIpc) is 2.28. The largest absolute Gasteiger partial charge is 0.311 e. The second kappa shape index (κ2) is 5.81. The summed E-state index contributed by atoms with van der Waals surface area (Å²) in [5, 5.41) is 3.61. The monoisotopic (exact) mass is 269 g/mol. The van der Waals surface area contributed by atoms with Crippen molar-refractivity contribution in [2.24, 2.45) is 0 Å². The summed E-state index contributed by atoms with van der Waals surface area (Å²) in [7, 11) is 0. The Bertz CT molecular complexity index is 449. The van der Waals surface area contributed by atoms with E-state index in [0.29, 0.717) is 18.0 Å². The summed E-state index contributed by atoms with van der Waals surface area (Å²) in [6, 6.07) is 4.59. The van der Waals surface area contributed by atoms with Gasteiger partial charge in [-0.2, -0.15) is 0 Å². The Morgan fingerprint density at radius 1 is 1.50 bits per heavy atom. The maximum absolute atomic E-state index is 12.9. The molecule has 1 aliphatic heterocycles. The molecule has 0 radical (unpaired) electrons. The van der Waals surface area contributed by atoms with E-state index in [-0.39, 0.29) is 16.8 Å². The van der Waals surface area contributed by atoms with Gasteiger partial charge in [0.2, 0.25) is 0 Å². The van der Waals surface area contributed by atoms with Crippen molar-refractivity contribution in [3.05, 3.63) is 34.6 Å². The number of carbonyl (C=O) groups is 1. The molecule has 0 aromatic heterocycles. The van der Waals surface area contributed by atoms with E-state index in [1.165, 1.54) is 18.2 Å². The van der Waals surface area contributed by atoms with Crippen LogP contribution >= 0.6 is 11.6 Å². The highest BCUT2D eigenvalue weighted by Crippen LogP contribution is 2.22. The number of benzene rings is 1. The lowest BCUT2D eigenvalue weighted by Crippen LogP contribution is -2.41. The predicted octanol–water partition coefficient (Wildman–Crippen LogP) is 3.58. The highest BCUT2D eigenvalue weighted by molar-refractivity contribution is 6.34. The van der Waals surface area contributed by atoms with Gasteiger partial charge >= 0.3 is 0 Å². The molecule has 1 saturated heterocycles. The number of nitrogens with one attached hydrogen (secondary N) is 1. The van der Waals surface area contributed by atoms with Gasteiger partial charge in [0.1, 0.15) is 5.82 Å². The van der Waals surface area contributed by atoms with Crippen molar-refractivity contribution in [1.82, 2.24) is 5.32 Å². The van der Waals surface area contributed by atoms with Crippen LogP contribution in [0.25, 0.3) is 0 Å². The fraction of sp³-hybridized carbons (Fsp3) is 0.500. The Kier molecular flexibility index (Phi) is 4.36. The van der Waals surface area contributed by atoms with E-state index in [0.717, 1.165) is 19.3 Å². The first-order chi connectivity index (χ1) is 8.56. The van der Waals surface area contributed by atoms with E-state index >= 15 is 0 Å². The Hall–Kier alpha value is -0.930. The third kappa shape index (κ3) is 3.30. The molecule has 1 heterocycles. The van der Waals surface area contributed by atoms with Gasteiger partial charge in [-0.3, -0.25) is 4.79 Å². The van der Waals surface area contributed by atoms with Crippen LogP contribution < -0.4 is 5.32 Å². The lowest BCUT2D eigenvalue weighted by Gasteiger charge is -2.28. The fourth-order valence-corrected chi connectivity index (χ4v) is 2.72. The molecule has 0 amide bonds. The number of piperidine rings is 1. The number of rotatable bonds is 3. The van der Waals surface area contributed by atoms with E-state index in [1.54, 1.807) is 0 Å². The van der Waals surface area contributed by atoms with Crippen LogP contribution in [0.15, 0.2) is 18.2 Å². The van der Waals surface area contributed by atoms with Crippen LogP contribution in [-0.2, 0) is 0 Å². The molecule has 1 N–H and O–H groups in total. The Morgan fingerprint density at radius 3 is 2.94 bits per heavy atom. The van der Waals surface area contributed by atoms with E-state index in [4.69, 9.17) is 11.6 Å². The van der Waals surface area contributed by atoms with Gasteiger partial charge in [0, 0.05) is 24.1 Å². The molecule has 18 heavy (non-hydrogen) atoms. The molecule has 1 aliphatic rings. The van der Waals surface area contributed by atoms with Gasteiger partial charge in [-0.05, 0) is 38.0 Å². The lowest BCUT2D eigenvalue weighted by atomic mass is 9.94. The zero-order chi connectivity index (χ0) is 13.1. The van der Waals surface area contributed by atoms with Gasteiger partial charge in [-0.25, -0.2) is 4.39 Å². The second-order valence-corrected chi connectivity index (χ2v) is 5.35. The molecule has 1 aromatic rings. The Balaban J connectivity index is 2.03. The molecule has 98 valence electrons.